The lowest BCUT2D eigenvalue weighted by atomic mass is 10.2. The molecule has 0 aliphatic heterocycles. The first-order valence-corrected chi connectivity index (χ1v) is 9.25. The summed E-state index contributed by atoms with van der Waals surface area (Å²) >= 11 is 0. The van der Waals surface area contributed by atoms with Crippen LogP contribution < -0.4 is 4.74 Å². The quantitative estimate of drug-likeness (QED) is 0.634. The maximum absolute atomic E-state index is 12.9. The van der Waals surface area contributed by atoms with Gasteiger partial charge in [-0.15, -0.1) is 0 Å². The van der Waals surface area contributed by atoms with E-state index in [1.54, 1.807) is 19.1 Å². The molecule has 0 spiro atoms. The van der Waals surface area contributed by atoms with Crippen molar-refractivity contribution in [3.63, 3.8) is 0 Å². The molecule has 0 fully saturated rings. The number of benzene rings is 2. The topological polar surface area (TPSA) is 59.8 Å². The number of halogens is 2. The fourth-order valence-electron chi connectivity index (χ4n) is 2.61. The van der Waals surface area contributed by atoms with Gasteiger partial charge >= 0.3 is 6.61 Å². The Morgan fingerprint density at radius 1 is 1.08 bits per heavy atom. The number of fused-ring (bicyclic) bond motifs is 1. The fourth-order valence-corrected chi connectivity index (χ4v) is 4.06. The summed E-state index contributed by atoms with van der Waals surface area (Å²) in [5.74, 6) is 0.0516. The zero-order valence-corrected chi connectivity index (χ0v) is 14.9. The average Bonchev–Trinajstić information content (AvgIpc) is 3.04. The molecule has 1 heterocycles. The van der Waals surface area contributed by atoms with Gasteiger partial charge in [0.1, 0.15) is 22.0 Å². The van der Waals surface area contributed by atoms with E-state index in [0.717, 1.165) is 9.69 Å². The van der Waals surface area contributed by atoms with Crippen LogP contribution in [0.25, 0.3) is 11.0 Å². The van der Waals surface area contributed by atoms with Gasteiger partial charge in [0.25, 0.3) is 0 Å². The van der Waals surface area contributed by atoms with Crippen LogP contribution in [0.2, 0.25) is 0 Å². The molecule has 26 heavy (non-hydrogen) atoms. The van der Waals surface area contributed by atoms with E-state index in [2.05, 4.69) is 4.74 Å². The van der Waals surface area contributed by atoms with Crippen LogP contribution in [0, 0.1) is 0 Å². The first kappa shape index (κ1) is 18.3. The minimum absolute atomic E-state index is 0.328. The van der Waals surface area contributed by atoms with E-state index in [1.807, 2.05) is 18.2 Å². The van der Waals surface area contributed by atoms with E-state index in [9.17, 15) is 17.2 Å². The van der Waals surface area contributed by atoms with E-state index in [1.165, 1.54) is 31.3 Å². The summed E-state index contributed by atoms with van der Waals surface area (Å²) in [6.07, 6.45) is 0. The van der Waals surface area contributed by atoms with Crippen LogP contribution in [0.4, 0.5) is 8.78 Å². The highest BCUT2D eigenvalue weighted by atomic mass is 32.2. The van der Waals surface area contributed by atoms with Crippen molar-refractivity contribution in [2.24, 2.45) is 0 Å². The van der Waals surface area contributed by atoms with Crippen molar-refractivity contribution in [3.05, 3.63) is 60.4 Å². The van der Waals surface area contributed by atoms with Crippen LogP contribution in [0.5, 0.6) is 5.75 Å². The summed E-state index contributed by atoms with van der Waals surface area (Å²) in [5.41, 5.74) is 0.640. The molecular weight excluding hydrogens is 364 g/mol. The first-order chi connectivity index (χ1) is 12.3. The van der Waals surface area contributed by atoms with Crippen LogP contribution >= 0.6 is 0 Å². The van der Waals surface area contributed by atoms with Crippen LogP contribution in [0.1, 0.15) is 18.7 Å². The van der Waals surface area contributed by atoms with Crippen molar-refractivity contribution in [1.29, 1.82) is 0 Å². The Morgan fingerprint density at radius 2 is 1.73 bits per heavy atom. The van der Waals surface area contributed by atoms with Crippen LogP contribution in [-0.4, -0.2) is 26.4 Å². The SMILES string of the molecule is CC(c1cc2ccccc2o1)N(C)S(=O)(=O)c1ccccc1OC(F)F. The predicted molar refractivity (Wildman–Crippen MR) is 92.7 cm³/mol. The smallest absolute Gasteiger partial charge is 0.387 e. The third-order valence-electron chi connectivity index (χ3n) is 4.12. The van der Waals surface area contributed by atoms with Gasteiger partial charge in [-0.1, -0.05) is 30.3 Å². The lowest BCUT2D eigenvalue weighted by Gasteiger charge is -2.23. The van der Waals surface area contributed by atoms with Gasteiger partial charge in [0.2, 0.25) is 10.0 Å². The molecular formula is C18H17F2NO4S. The van der Waals surface area contributed by atoms with Crippen molar-refractivity contribution in [2.45, 2.75) is 24.5 Å². The minimum atomic E-state index is -4.09. The molecule has 0 saturated carbocycles. The number of ether oxygens (including phenoxy) is 1. The summed E-state index contributed by atoms with van der Waals surface area (Å²) in [5, 5.41) is 0.849. The molecule has 0 N–H and O–H groups in total. The van der Waals surface area contributed by atoms with Gasteiger partial charge in [0.05, 0.1) is 6.04 Å². The Labute approximate surface area is 149 Å². The van der Waals surface area contributed by atoms with E-state index in [4.69, 9.17) is 4.42 Å². The number of furan rings is 1. The van der Waals surface area contributed by atoms with Gasteiger partial charge in [-0.05, 0) is 31.2 Å². The molecule has 8 heteroatoms. The molecule has 1 aromatic heterocycles. The molecule has 1 atom stereocenters. The van der Waals surface area contributed by atoms with Crippen molar-refractivity contribution >= 4 is 21.0 Å². The number of alkyl halides is 2. The lowest BCUT2D eigenvalue weighted by molar-refractivity contribution is -0.0518. The van der Waals surface area contributed by atoms with Crippen LogP contribution in [0.15, 0.2) is 63.9 Å². The maximum Gasteiger partial charge on any atom is 0.387 e. The molecule has 3 rings (SSSR count). The van der Waals surface area contributed by atoms with Crippen molar-refractivity contribution in [3.8, 4) is 5.75 Å². The summed E-state index contributed by atoms with van der Waals surface area (Å²) < 4.78 is 62.2. The second-order valence-electron chi connectivity index (χ2n) is 5.71. The number of hydrogen-bond acceptors (Lipinski definition) is 4. The number of nitrogens with zero attached hydrogens (tertiary/aromatic N) is 1. The third-order valence-corrected chi connectivity index (χ3v) is 6.09. The standard InChI is InChI=1S/C18H17F2NO4S/c1-12(16-11-13-7-3-4-8-14(13)24-16)21(2)26(22,23)17-10-6-5-9-15(17)25-18(19)20/h3-12,18H,1-2H3. The van der Waals surface area contributed by atoms with Gasteiger partial charge in [0, 0.05) is 12.4 Å². The maximum atomic E-state index is 12.9. The highest BCUT2D eigenvalue weighted by Crippen LogP contribution is 2.33. The molecule has 0 radical (unpaired) electrons. The second kappa shape index (κ2) is 7.05. The molecule has 1 unspecified atom stereocenters. The number of para-hydroxylation sites is 2. The van der Waals surface area contributed by atoms with E-state index >= 15 is 0 Å². The van der Waals surface area contributed by atoms with Crippen LogP contribution in [0.3, 0.4) is 0 Å². The number of hydrogen-bond donors (Lipinski definition) is 0. The lowest BCUT2D eigenvalue weighted by Crippen LogP contribution is -2.30. The van der Waals surface area contributed by atoms with Crippen molar-refractivity contribution in [1.82, 2.24) is 4.31 Å². The molecule has 0 aliphatic rings. The average molecular weight is 381 g/mol. The minimum Gasteiger partial charge on any atom is -0.459 e. The van der Waals surface area contributed by atoms with Gasteiger partial charge in [-0.3, -0.25) is 0 Å². The molecule has 0 aliphatic carbocycles. The highest BCUT2D eigenvalue weighted by molar-refractivity contribution is 7.89. The largest absolute Gasteiger partial charge is 0.459 e. The molecule has 0 saturated heterocycles. The Morgan fingerprint density at radius 3 is 2.42 bits per heavy atom. The normalized spacial score (nSPS) is 13.5. The molecule has 0 bridgehead atoms. The summed E-state index contributed by atoms with van der Waals surface area (Å²) in [7, 11) is -2.72. The number of sulfonamides is 1. The molecule has 0 amide bonds. The van der Waals surface area contributed by atoms with E-state index < -0.39 is 28.4 Å². The molecule has 5 nitrogen and oxygen atoms in total. The molecule has 3 aromatic rings. The Bertz CT molecular complexity index is 984. The van der Waals surface area contributed by atoms with Gasteiger partial charge in [0.15, 0.2) is 0 Å². The van der Waals surface area contributed by atoms with Gasteiger partial charge in [-0.2, -0.15) is 13.1 Å². The summed E-state index contributed by atoms with van der Waals surface area (Å²) in [4.78, 5) is -0.328. The van der Waals surface area contributed by atoms with Crippen molar-refractivity contribution < 1.29 is 26.4 Å². The van der Waals surface area contributed by atoms with Gasteiger partial charge in [-0.25, -0.2) is 8.42 Å². The molecule has 2 aromatic carbocycles. The Kier molecular flexibility index (Phi) is 4.97. The fraction of sp³-hybridized carbons (Fsp3) is 0.222. The third kappa shape index (κ3) is 3.42. The molecule has 138 valence electrons. The summed E-state index contributed by atoms with van der Waals surface area (Å²) in [6, 6.07) is 13.7. The van der Waals surface area contributed by atoms with E-state index in [0.29, 0.717) is 11.3 Å². The van der Waals surface area contributed by atoms with Gasteiger partial charge < -0.3 is 9.15 Å². The summed E-state index contributed by atoms with van der Waals surface area (Å²) in [6.45, 7) is -1.46. The zero-order chi connectivity index (χ0) is 18.9. The monoisotopic (exact) mass is 381 g/mol. The highest BCUT2D eigenvalue weighted by Gasteiger charge is 2.31. The second-order valence-corrected chi connectivity index (χ2v) is 7.67. The Balaban J connectivity index is 1.96. The van der Waals surface area contributed by atoms with Crippen molar-refractivity contribution in [2.75, 3.05) is 7.05 Å². The first-order valence-electron chi connectivity index (χ1n) is 7.81. The van der Waals surface area contributed by atoms with Crippen LogP contribution in [-0.2, 0) is 10.0 Å². The number of rotatable bonds is 6. The Hall–Kier alpha value is -2.45. The van der Waals surface area contributed by atoms with E-state index in [-0.39, 0.29) is 4.90 Å². The predicted octanol–water partition coefficient (Wildman–Crippen LogP) is 4.42. The zero-order valence-electron chi connectivity index (χ0n) is 14.1.